The SMILES string of the molecule is N#CCC(Nc1cccc(Cl)c1)c1ccccc1. The van der Waals surface area contributed by atoms with Crippen molar-refractivity contribution in [2.24, 2.45) is 0 Å². The highest BCUT2D eigenvalue weighted by Crippen LogP contribution is 2.23. The average Bonchev–Trinajstić information content (AvgIpc) is 2.39. The minimum absolute atomic E-state index is 0.0188. The third-order valence-electron chi connectivity index (χ3n) is 2.66. The van der Waals surface area contributed by atoms with E-state index in [4.69, 9.17) is 16.9 Å². The van der Waals surface area contributed by atoms with Gasteiger partial charge in [-0.2, -0.15) is 5.26 Å². The van der Waals surface area contributed by atoms with E-state index in [1.165, 1.54) is 0 Å². The number of benzene rings is 2. The third kappa shape index (κ3) is 3.26. The lowest BCUT2D eigenvalue weighted by Gasteiger charge is -2.17. The topological polar surface area (TPSA) is 35.8 Å². The summed E-state index contributed by atoms with van der Waals surface area (Å²) < 4.78 is 0. The van der Waals surface area contributed by atoms with Crippen molar-refractivity contribution in [2.45, 2.75) is 12.5 Å². The van der Waals surface area contributed by atoms with Crippen LogP contribution in [-0.2, 0) is 0 Å². The fourth-order valence-corrected chi connectivity index (χ4v) is 2.00. The van der Waals surface area contributed by atoms with E-state index in [1.54, 1.807) is 0 Å². The Labute approximate surface area is 112 Å². The lowest BCUT2D eigenvalue weighted by Crippen LogP contribution is -2.09. The molecule has 0 aliphatic rings. The van der Waals surface area contributed by atoms with Gasteiger partial charge in [0.05, 0.1) is 18.5 Å². The van der Waals surface area contributed by atoms with Crippen molar-refractivity contribution in [3.05, 3.63) is 65.2 Å². The summed E-state index contributed by atoms with van der Waals surface area (Å²) in [5, 5.41) is 12.9. The molecule has 2 nitrogen and oxygen atoms in total. The number of nitrogens with one attached hydrogen (secondary N) is 1. The van der Waals surface area contributed by atoms with Crippen LogP contribution in [0.3, 0.4) is 0 Å². The van der Waals surface area contributed by atoms with E-state index in [0.29, 0.717) is 11.4 Å². The first-order chi connectivity index (χ1) is 8.79. The van der Waals surface area contributed by atoms with Gasteiger partial charge in [0.2, 0.25) is 0 Å². The second kappa shape index (κ2) is 6.09. The molecule has 2 aromatic rings. The summed E-state index contributed by atoms with van der Waals surface area (Å²) in [5.41, 5.74) is 2.02. The van der Waals surface area contributed by atoms with Gasteiger partial charge in [0.25, 0.3) is 0 Å². The molecule has 0 bridgehead atoms. The van der Waals surface area contributed by atoms with Crippen LogP contribution in [0.15, 0.2) is 54.6 Å². The number of hydrogen-bond donors (Lipinski definition) is 1. The first-order valence-electron chi connectivity index (χ1n) is 5.73. The van der Waals surface area contributed by atoms with Gasteiger partial charge in [0, 0.05) is 10.7 Å². The van der Waals surface area contributed by atoms with Crippen molar-refractivity contribution in [1.29, 1.82) is 5.26 Å². The first-order valence-corrected chi connectivity index (χ1v) is 6.11. The number of hydrogen-bond acceptors (Lipinski definition) is 2. The molecule has 0 aromatic heterocycles. The molecule has 3 heteroatoms. The molecule has 0 heterocycles. The summed E-state index contributed by atoms with van der Waals surface area (Å²) in [6, 6.07) is 19.6. The number of nitrogens with zero attached hydrogens (tertiary/aromatic N) is 1. The monoisotopic (exact) mass is 256 g/mol. The Morgan fingerprint density at radius 2 is 1.89 bits per heavy atom. The molecule has 1 unspecified atom stereocenters. The van der Waals surface area contributed by atoms with Crippen LogP contribution in [0.4, 0.5) is 5.69 Å². The Kier molecular flexibility index (Phi) is 4.22. The van der Waals surface area contributed by atoms with Crippen molar-refractivity contribution in [1.82, 2.24) is 0 Å². The van der Waals surface area contributed by atoms with Gasteiger partial charge >= 0.3 is 0 Å². The van der Waals surface area contributed by atoms with Crippen molar-refractivity contribution in [3.8, 4) is 6.07 Å². The van der Waals surface area contributed by atoms with E-state index >= 15 is 0 Å². The number of anilines is 1. The standard InChI is InChI=1S/C15H13ClN2/c16-13-7-4-8-14(11-13)18-15(9-10-17)12-5-2-1-3-6-12/h1-8,11,15,18H,9H2. The zero-order valence-electron chi connectivity index (χ0n) is 9.81. The molecule has 0 saturated heterocycles. The van der Waals surface area contributed by atoms with E-state index in [-0.39, 0.29) is 6.04 Å². The molecule has 0 fully saturated rings. The van der Waals surface area contributed by atoms with Gasteiger partial charge in [-0.25, -0.2) is 0 Å². The lowest BCUT2D eigenvalue weighted by molar-refractivity contribution is 0.806. The van der Waals surface area contributed by atoms with Gasteiger partial charge < -0.3 is 5.32 Å². The molecular weight excluding hydrogens is 244 g/mol. The van der Waals surface area contributed by atoms with Gasteiger partial charge in [-0.15, -0.1) is 0 Å². The molecular formula is C15H13ClN2. The van der Waals surface area contributed by atoms with Crippen LogP contribution in [0.25, 0.3) is 0 Å². The molecule has 18 heavy (non-hydrogen) atoms. The van der Waals surface area contributed by atoms with Crippen LogP contribution in [0, 0.1) is 11.3 Å². The highest BCUT2D eigenvalue weighted by Gasteiger charge is 2.10. The van der Waals surface area contributed by atoms with Crippen LogP contribution in [-0.4, -0.2) is 0 Å². The molecule has 2 aromatic carbocycles. The zero-order valence-corrected chi connectivity index (χ0v) is 10.6. The maximum absolute atomic E-state index is 8.91. The van der Waals surface area contributed by atoms with E-state index < -0.39 is 0 Å². The maximum Gasteiger partial charge on any atom is 0.0647 e. The van der Waals surface area contributed by atoms with E-state index in [1.807, 2.05) is 54.6 Å². The second-order valence-electron chi connectivity index (χ2n) is 3.98. The third-order valence-corrected chi connectivity index (χ3v) is 2.90. The Hall–Kier alpha value is -1.98. The molecule has 0 radical (unpaired) electrons. The smallest absolute Gasteiger partial charge is 0.0647 e. The predicted octanol–water partition coefficient (Wildman–Crippen LogP) is 4.41. The van der Waals surface area contributed by atoms with Crippen LogP contribution >= 0.6 is 11.6 Å². The zero-order chi connectivity index (χ0) is 12.8. The minimum atomic E-state index is -0.0188. The second-order valence-corrected chi connectivity index (χ2v) is 4.42. The van der Waals surface area contributed by atoms with Crippen molar-refractivity contribution in [3.63, 3.8) is 0 Å². The van der Waals surface area contributed by atoms with Gasteiger partial charge in [-0.3, -0.25) is 0 Å². The summed E-state index contributed by atoms with van der Waals surface area (Å²) in [5.74, 6) is 0. The Bertz CT molecular complexity index is 546. The molecule has 2 rings (SSSR count). The highest BCUT2D eigenvalue weighted by molar-refractivity contribution is 6.30. The number of halogens is 1. The summed E-state index contributed by atoms with van der Waals surface area (Å²) in [6.07, 6.45) is 0.413. The number of nitriles is 1. The fraction of sp³-hybridized carbons (Fsp3) is 0.133. The molecule has 1 N–H and O–H groups in total. The van der Waals surface area contributed by atoms with Gasteiger partial charge in [0.15, 0.2) is 0 Å². The Balaban J connectivity index is 2.20. The largest absolute Gasteiger partial charge is 0.377 e. The van der Waals surface area contributed by atoms with Crippen LogP contribution in [0.2, 0.25) is 5.02 Å². The molecule has 0 aliphatic carbocycles. The Morgan fingerprint density at radius 1 is 1.11 bits per heavy atom. The van der Waals surface area contributed by atoms with E-state index in [9.17, 15) is 0 Å². The van der Waals surface area contributed by atoms with Crippen molar-refractivity contribution < 1.29 is 0 Å². The fourth-order valence-electron chi connectivity index (χ4n) is 1.81. The average molecular weight is 257 g/mol. The molecule has 0 amide bonds. The molecule has 0 saturated carbocycles. The first kappa shape index (κ1) is 12.5. The van der Waals surface area contributed by atoms with Crippen LogP contribution in [0.1, 0.15) is 18.0 Å². The predicted molar refractivity (Wildman–Crippen MR) is 74.5 cm³/mol. The van der Waals surface area contributed by atoms with E-state index in [0.717, 1.165) is 11.3 Å². The maximum atomic E-state index is 8.91. The van der Waals surface area contributed by atoms with Gasteiger partial charge in [-0.1, -0.05) is 48.0 Å². The molecule has 1 atom stereocenters. The quantitative estimate of drug-likeness (QED) is 0.880. The van der Waals surface area contributed by atoms with Crippen molar-refractivity contribution >= 4 is 17.3 Å². The van der Waals surface area contributed by atoms with E-state index in [2.05, 4.69) is 11.4 Å². The summed E-state index contributed by atoms with van der Waals surface area (Å²) in [6.45, 7) is 0. The summed E-state index contributed by atoms with van der Waals surface area (Å²) in [7, 11) is 0. The number of rotatable bonds is 4. The van der Waals surface area contributed by atoms with Crippen LogP contribution < -0.4 is 5.32 Å². The lowest BCUT2D eigenvalue weighted by atomic mass is 10.0. The molecule has 0 spiro atoms. The summed E-state index contributed by atoms with van der Waals surface area (Å²) >= 11 is 5.95. The van der Waals surface area contributed by atoms with Crippen LogP contribution in [0.5, 0.6) is 0 Å². The molecule has 0 aliphatic heterocycles. The molecule has 90 valence electrons. The summed E-state index contributed by atoms with van der Waals surface area (Å²) in [4.78, 5) is 0. The minimum Gasteiger partial charge on any atom is -0.377 e. The van der Waals surface area contributed by atoms with Gasteiger partial charge in [-0.05, 0) is 23.8 Å². The Morgan fingerprint density at radius 3 is 2.56 bits per heavy atom. The normalized spacial score (nSPS) is 11.6. The van der Waals surface area contributed by atoms with Gasteiger partial charge in [0.1, 0.15) is 0 Å². The highest BCUT2D eigenvalue weighted by atomic mass is 35.5. The van der Waals surface area contributed by atoms with Crippen molar-refractivity contribution in [2.75, 3.05) is 5.32 Å².